The Labute approximate surface area is 223 Å². The zero-order chi connectivity index (χ0) is 24.5. The Hall–Kier alpha value is -2.29. The summed E-state index contributed by atoms with van der Waals surface area (Å²) in [5, 5.41) is 3.71. The van der Waals surface area contributed by atoms with E-state index in [1.807, 2.05) is 49.4 Å². The van der Waals surface area contributed by atoms with Gasteiger partial charge in [-0.05, 0) is 71.5 Å². The average molecular weight is 611 g/mol. The van der Waals surface area contributed by atoms with Gasteiger partial charge < -0.3 is 15.0 Å². The predicted molar refractivity (Wildman–Crippen MR) is 144 cm³/mol. The molecule has 0 spiro atoms. The Morgan fingerprint density at radius 1 is 0.971 bits per heavy atom. The number of halogens is 3. The van der Waals surface area contributed by atoms with E-state index in [0.29, 0.717) is 34.3 Å². The quantitative estimate of drug-likeness (QED) is 0.297. The number of hydrogen-bond acceptors (Lipinski definition) is 3. The van der Waals surface area contributed by atoms with Gasteiger partial charge in [-0.2, -0.15) is 0 Å². The first-order valence-corrected chi connectivity index (χ1v) is 12.6. The van der Waals surface area contributed by atoms with Gasteiger partial charge in [0.05, 0.1) is 0 Å². The van der Waals surface area contributed by atoms with Crippen molar-refractivity contribution >= 4 is 57.6 Å². The second-order valence-electron chi connectivity index (χ2n) is 7.56. The van der Waals surface area contributed by atoms with Crippen molar-refractivity contribution in [3.8, 4) is 5.75 Å². The molecule has 178 valence electrons. The number of rotatable bonds is 10. The van der Waals surface area contributed by atoms with Crippen LogP contribution in [0.25, 0.3) is 0 Å². The van der Waals surface area contributed by atoms with Crippen LogP contribution in [-0.2, 0) is 22.6 Å². The first-order chi connectivity index (χ1) is 16.4. The highest BCUT2D eigenvalue weighted by Crippen LogP contribution is 2.27. The van der Waals surface area contributed by atoms with Crippen molar-refractivity contribution in [1.82, 2.24) is 10.2 Å². The molecule has 0 unspecified atom stereocenters. The van der Waals surface area contributed by atoms with Crippen LogP contribution in [0.1, 0.15) is 18.1 Å². The third-order valence-electron chi connectivity index (χ3n) is 5.19. The van der Waals surface area contributed by atoms with Crippen LogP contribution >= 0.6 is 45.8 Å². The summed E-state index contributed by atoms with van der Waals surface area (Å²) >= 11 is 15.0. The lowest BCUT2D eigenvalue weighted by atomic mass is 10.0. The van der Waals surface area contributed by atoms with Gasteiger partial charge in [-0.25, -0.2) is 0 Å². The monoisotopic (exact) mass is 610 g/mol. The van der Waals surface area contributed by atoms with Crippen molar-refractivity contribution in [3.05, 3.63) is 97.5 Å². The maximum absolute atomic E-state index is 13.5. The summed E-state index contributed by atoms with van der Waals surface area (Å²) < 4.78 is 6.81. The molecule has 0 aliphatic carbocycles. The summed E-state index contributed by atoms with van der Waals surface area (Å²) in [6.07, 6.45) is 0.337. The largest absolute Gasteiger partial charge is 0.484 e. The number of ether oxygens (including phenoxy) is 1. The molecular weight excluding hydrogens is 586 g/mol. The van der Waals surface area contributed by atoms with Crippen LogP contribution in [0, 0.1) is 3.57 Å². The molecule has 1 N–H and O–H groups in total. The van der Waals surface area contributed by atoms with Gasteiger partial charge in [-0.15, -0.1) is 0 Å². The summed E-state index contributed by atoms with van der Waals surface area (Å²) in [4.78, 5) is 28.1. The van der Waals surface area contributed by atoms with Crippen LogP contribution in [0.15, 0.2) is 72.8 Å². The van der Waals surface area contributed by atoms with Crippen molar-refractivity contribution < 1.29 is 14.3 Å². The summed E-state index contributed by atoms with van der Waals surface area (Å²) in [6.45, 7) is 2.13. The van der Waals surface area contributed by atoms with Gasteiger partial charge in [0.25, 0.3) is 5.91 Å². The molecule has 0 aliphatic rings. The number of nitrogens with zero attached hydrogens (tertiary/aromatic N) is 1. The fourth-order valence-corrected chi connectivity index (χ4v) is 4.34. The van der Waals surface area contributed by atoms with Crippen molar-refractivity contribution in [2.75, 3.05) is 13.2 Å². The van der Waals surface area contributed by atoms with Gasteiger partial charge in [0.15, 0.2) is 6.61 Å². The number of amides is 2. The molecule has 0 heterocycles. The minimum absolute atomic E-state index is 0.0715. The van der Waals surface area contributed by atoms with Crippen molar-refractivity contribution in [1.29, 1.82) is 0 Å². The van der Waals surface area contributed by atoms with E-state index in [1.54, 1.807) is 30.3 Å². The molecule has 8 heteroatoms. The molecule has 0 fully saturated rings. The molecule has 3 aromatic carbocycles. The first-order valence-electron chi connectivity index (χ1n) is 10.8. The molecule has 0 radical (unpaired) electrons. The molecular formula is C26H25Cl2IN2O3. The third-order valence-corrected chi connectivity index (χ3v) is 6.62. The molecule has 5 nitrogen and oxygen atoms in total. The topological polar surface area (TPSA) is 58.6 Å². The molecule has 34 heavy (non-hydrogen) atoms. The number of benzene rings is 3. The van der Waals surface area contributed by atoms with E-state index in [4.69, 9.17) is 27.9 Å². The second-order valence-corrected chi connectivity index (χ2v) is 9.62. The molecule has 3 rings (SSSR count). The van der Waals surface area contributed by atoms with E-state index in [-0.39, 0.29) is 25.0 Å². The van der Waals surface area contributed by atoms with E-state index in [0.717, 1.165) is 9.13 Å². The van der Waals surface area contributed by atoms with Gasteiger partial charge in [0, 0.05) is 38.7 Å². The Morgan fingerprint density at radius 2 is 1.62 bits per heavy atom. The molecule has 0 aliphatic heterocycles. The number of hydrogen-bond donors (Lipinski definition) is 1. The molecule has 0 saturated heterocycles. The number of nitrogens with one attached hydrogen (secondary N) is 1. The standard InChI is InChI=1S/C26H25Cl2IN2O3/c1-2-30-26(33)24(15-18-7-4-3-5-8-18)31(16-21-22(27)9-6-10-23(21)28)25(32)17-34-20-13-11-19(29)12-14-20/h3-14,24H,2,15-17H2,1H3,(H,30,33)/t24-/m1/s1. The van der Waals surface area contributed by atoms with Crippen LogP contribution in [0.3, 0.4) is 0 Å². The van der Waals surface area contributed by atoms with Crippen molar-refractivity contribution in [3.63, 3.8) is 0 Å². The van der Waals surface area contributed by atoms with Gasteiger partial charge in [-0.1, -0.05) is 59.6 Å². The van der Waals surface area contributed by atoms with Crippen LogP contribution < -0.4 is 10.1 Å². The predicted octanol–water partition coefficient (Wildman–Crippen LogP) is 5.75. The van der Waals surface area contributed by atoms with E-state index in [9.17, 15) is 9.59 Å². The SMILES string of the molecule is CCNC(=O)[C@@H](Cc1ccccc1)N(Cc1c(Cl)cccc1Cl)C(=O)COc1ccc(I)cc1. The number of likely N-dealkylation sites (N-methyl/N-ethyl adjacent to an activating group) is 1. The number of carbonyl (C=O) groups is 2. The molecule has 2 amide bonds. The van der Waals surface area contributed by atoms with E-state index < -0.39 is 6.04 Å². The highest BCUT2D eigenvalue weighted by atomic mass is 127. The molecule has 3 aromatic rings. The third kappa shape index (κ3) is 7.35. The van der Waals surface area contributed by atoms with Crippen LogP contribution in [0.4, 0.5) is 0 Å². The highest BCUT2D eigenvalue weighted by molar-refractivity contribution is 14.1. The van der Waals surface area contributed by atoms with Gasteiger partial charge >= 0.3 is 0 Å². The Bertz CT molecular complexity index is 1090. The smallest absolute Gasteiger partial charge is 0.261 e. The van der Waals surface area contributed by atoms with Crippen molar-refractivity contribution in [2.24, 2.45) is 0 Å². The molecule has 0 aromatic heterocycles. The summed E-state index contributed by atoms with van der Waals surface area (Å²) in [7, 11) is 0. The van der Waals surface area contributed by atoms with E-state index in [2.05, 4.69) is 27.9 Å². The minimum Gasteiger partial charge on any atom is -0.484 e. The van der Waals surface area contributed by atoms with Gasteiger partial charge in [0.2, 0.25) is 5.91 Å². The maximum Gasteiger partial charge on any atom is 0.261 e. The zero-order valence-electron chi connectivity index (χ0n) is 18.6. The molecule has 0 bridgehead atoms. The van der Waals surface area contributed by atoms with Gasteiger partial charge in [0.1, 0.15) is 11.8 Å². The lowest BCUT2D eigenvalue weighted by Crippen LogP contribution is -2.51. The highest BCUT2D eigenvalue weighted by Gasteiger charge is 2.31. The molecule has 0 saturated carbocycles. The minimum atomic E-state index is -0.775. The Morgan fingerprint density at radius 3 is 2.24 bits per heavy atom. The Kier molecular flexibility index (Phi) is 10.0. The van der Waals surface area contributed by atoms with Crippen LogP contribution in [0.2, 0.25) is 10.0 Å². The summed E-state index contributed by atoms with van der Waals surface area (Å²) in [5.74, 6) is -0.0269. The molecule has 1 atom stereocenters. The fraction of sp³-hybridized carbons (Fsp3) is 0.231. The lowest BCUT2D eigenvalue weighted by Gasteiger charge is -2.32. The maximum atomic E-state index is 13.5. The normalized spacial score (nSPS) is 11.5. The van der Waals surface area contributed by atoms with Gasteiger partial charge in [-0.3, -0.25) is 9.59 Å². The lowest BCUT2D eigenvalue weighted by molar-refractivity contribution is -0.142. The average Bonchev–Trinajstić information content (AvgIpc) is 2.83. The van der Waals surface area contributed by atoms with E-state index in [1.165, 1.54) is 4.90 Å². The van der Waals surface area contributed by atoms with Crippen molar-refractivity contribution in [2.45, 2.75) is 25.9 Å². The zero-order valence-corrected chi connectivity index (χ0v) is 22.3. The van der Waals surface area contributed by atoms with Crippen LogP contribution in [0.5, 0.6) is 5.75 Å². The summed E-state index contributed by atoms with van der Waals surface area (Å²) in [5.41, 5.74) is 1.51. The van der Waals surface area contributed by atoms with E-state index >= 15 is 0 Å². The summed E-state index contributed by atoms with van der Waals surface area (Å²) in [6, 6.07) is 21.4. The Balaban J connectivity index is 1.93. The second kappa shape index (κ2) is 13.0. The van der Waals surface area contributed by atoms with Crippen LogP contribution in [-0.4, -0.2) is 35.9 Å². The fourth-order valence-electron chi connectivity index (χ4n) is 3.46. The first kappa shape index (κ1) is 26.3. The number of carbonyl (C=O) groups excluding carboxylic acids is 2.